The Morgan fingerprint density at radius 3 is 2.40 bits per heavy atom. The number of hydrogen-bond acceptors (Lipinski definition) is 3. The Bertz CT molecular complexity index is 142. The minimum atomic E-state index is 0.335. The summed E-state index contributed by atoms with van der Waals surface area (Å²) in [5, 5.41) is 0. The first-order valence-electron chi connectivity index (χ1n) is 6.01. The van der Waals surface area contributed by atoms with Crippen molar-refractivity contribution in [3.05, 3.63) is 0 Å². The largest absolute Gasteiger partial charge is 0.363 e. The fraction of sp³-hybridized carbons (Fsp3) is 1.00. The second-order valence-corrected chi connectivity index (χ2v) is 5.54. The molecule has 0 fully saturated rings. The van der Waals surface area contributed by atoms with Gasteiger partial charge < -0.3 is 9.64 Å². The highest BCUT2D eigenvalue weighted by Gasteiger charge is 2.13. The van der Waals surface area contributed by atoms with Crippen molar-refractivity contribution in [2.75, 3.05) is 26.4 Å². The van der Waals surface area contributed by atoms with Crippen LogP contribution in [-0.4, -0.2) is 42.8 Å². The zero-order chi connectivity index (χ0) is 11.7. The van der Waals surface area contributed by atoms with Gasteiger partial charge in [-0.3, -0.25) is 0 Å². The lowest BCUT2D eigenvalue weighted by Gasteiger charge is -2.24. The fourth-order valence-electron chi connectivity index (χ4n) is 1.15. The number of likely N-dealkylation sites (N-methyl/N-ethyl adjacent to an activating group) is 1. The van der Waals surface area contributed by atoms with Gasteiger partial charge in [-0.15, -0.1) is 11.8 Å². The van der Waals surface area contributed by atoms with E-state index in [9.17, 15) is 0 Å². The van der Waals surface area contributed by atoms with Crippen LogP contribution in [0.2, 0.25) is 0 Å². The molecule has 0 amide bonds. The third-order valence-electron chi connectivity index (χ3n) is 2.27. The molecule has 2 atom stereocenters. The molecule has 92 valence electrons. The van der Waals surface area contributed by atoms with Crippen LogP contribution in [0, 0.1) is 0 Å². The molecule has 15 heavy (non-hydrogen) atoms. The Hall–Kier alpha value is 0.270. The van der Waals surface area contributed by atoms with E-state index in [-0.39, 0.29) is 0 Å². The van der Waals surface area contributed by atoms with Crippen LogP contribution < -0.4 is 0 Å². The molecule has 3 heteroatoms. The monoisotopic (exact) mass is 233 g/mol. The summed E-state index contributed by atoms with van der Waals surface area (Å²) >= 11 is 1.95. The normalized spacial score (nSPS) is 15.6. The second kappa shape index (κ2) is 9.49. The maximum Gasteiger partial charge on any atom is 0.116 e. The van der Waals surface area contributed by atoms with Crippen LogP contribution in [0.3, 0.4) is 0 Å². The van der Waals surface area contributed by atoms with Gasteiger partial charge in [0.2, 0.25) is 0 Å². The highest BCUT2D eigenvalue weighted by molar-refractivity contribution is 7.99. The van der Waals surface area contributed by atoms with Gasteiger partial charge in [-0.25, -0.2) is 0 Å². The summed E-state index contributed by atoms with van der Waals surface area (Å²) in [5.41, 5.74) is 0.335. The summed E-state index contributed by atoms with van der Waals surface area (Å²) in [6, 6.07) is 0. The van der Waals surface area contributed by atoms with E-state index in [4.69, 9.17) is 4.74 Å². The first-order valence-corrected chi connectivity index (χ1v) is 7.06. The van der Waals surface area contributed by atoms with Crippen LogP contribution in [-0.2, 0) is 4.74 Å². The summed E-state index contributed by atoms with van der Waals surface area (Å²) in [6.45, 7) is 7.58. The van der Waals surface area contributed by atoms with E-state index in [0.717, 1.165) is 13.0 Å². The molecule has 0 radical (unpaired) electrons. The molecule has 2 nitrogen and oxygen atoms in total. The van der Waals surface area contributed by atoms with Gasteiger partial charge in [0.25, 0.3) is 0 Å². The van der Waals surface area contributed by atoms with Crippen molar-refractivity contribution in [3.8, 4) is 0 Å². The molecule has 0 aromatic heterocycles. The van der Waals surface area contributed by atoms with Crippen LogP contribution in [0.15, 0.2) is 0 Å². The molecule has 0 heterocycles. The summed E-state index contributed by atoms with van der Waals surface area (Å²) in [6.07, 6.45) is 4.03. The van der Waals surface area contributed by atoms with Gasteiger partial charge in [0, 0.05) is 6.54 Å². The molecular formula is C12H27NOS. The highest BCUT2D eigenvalue weighted by Crippen LogP contribution is 2.18. The lowest BCUT2D eigenvalue weighted by atomic mass is 10.3. The number of unbranched alkanes of at least 4 members (excludes halogenated alkanes) is 1. The molecule has 0 aromatic carbocycles. The van der Waals surface area contributed by atoms with E-state index >= 15 is 0 Å². The van der Waals surface area contributed by atoms with Crippen molar-refractivity contribution in [2.24, 2.45) is 0 Å². The molecule has 0 aromatic rings. The standard InChI is InChI=1S/C12H27NOS/c1-6-8-9-15-12(10-13(4)5)14-11(3)7-2/h11-12H,6-10H2,1-5H3. The molecule has 0 aliphatic carbocycles. The molecule has 0 rings (SSSR count). The van der Waals surface area contributed by atoms with Gasteiger partial charge in [-0.2, -0.15) is 0 Å². The van der Waals surface area contributed by atoms with Gasteiger partial charge in [-0.05, 0) is 39.6 Å². The first kappa shape index (κ1) is 15.3. The minimum absolute atomic E-state index is 0.335. The zero-order valence-corrected chi connectivity index (χ0v) is 11.8. The Morgan fingerprint density at radius 1 is 1.27 bits per heavy atom. The summed E-state index contributed by atoms with van der Waals surface area (Å²) in [4.78, 5) is 2.20. The van der Waals surface area contributed by atoms with Crippen molar-refractivity contribution in [1.82, 2.24) is 4.90 Å². The third-order valence-corrected chi connectivity index (χ3v) is 3.43. The number of rotatable bonds is 9. The van der Waals surface area contributed by atoms with Crippen molar-refractivity contribution in [3.63, 3.8) is 0 Å². The molecule has 0 saturated heterocycles. The number of hydrogen-bond donors (Lipinski definition) is 0. The lowest BCUT2D eigenvalue weighted by Crippen LogP contribution is -2.29. The molecule has 0 aliphatic rings. The predicted octanol–water partition coefficient (Wildman–Crippen LogP) is 3.22. The van der Waals surface area contributed by atoms with Crippen LogP contribution in [0.1, 0.15) is 40.0 Å². The maximum absolute atomic E-state index is 5.98. The zero-order valence-electron chi connectivity index (χ0n) is 11.0. The molecule has 0 N–H and O–H groups in total. The molecule has 0 saturated carbocycles. The summed E-state index contributed by atoms with van der Waals surface area (Å²) in [5.74, 6) is 1.21. The van der Waals surface area contributed by atoms with Crippen molar-refractivity contribution < 1.29 is 4.74 Å². The Kier molecular flexibility index (Phi) is 9.66. The smallest absolute Gasteiger partial charge is 0.116 e. The SMILES string of the molecule is CCCCSC(CN(C)C)OC(C)CC. The summed E-state index contributed by atoms with van der Waals surface area (Å²) < 4.78 is 5.98. The fourth-order valence-corrected chi connectivity index (χ4v) is 2.54. The predicted molar refractivity (Wildman–Crippen MR) is 70.5 cm³/mol. The van der Waals surface area contributed by atoms with E-state index in [1.165, 1.54) is 18.6 Å². The van der Waals surface area contributed by atoms with E-state index in [2.05, 4.69) is 39.8 Å². The number of thioether (sulfide) groups is 1. The molecule has 0 aliphatic heterocycles. The van der Waals surface area contributed by atoms with Gasteiger partial charge in [0.1, 0.15) is 5.44 Å². The van der Waals surface area contributed by atoms with E-state index in [0.29, 0.717) is 11.5 Å². The first-order chi connectivity index (χ1) is 7.10. The second-order valence-electron chi connectivity index (χ2n) is 4.27. The van der Waals surface area contributed by atoms with Gasteiger partial charge in [-0.1, -0.05) is 20.3 Å². The van der Waals surface area contributed by atoms with Crippen molar-refractivity contribution >= 4 is 11.8 Å². The van der Waals surface area contributed by atoms with Crippen LogP contribution in [0.25, 0.3) is 0 Å². The highest BCUT2D eigenvalue weighted by atomic mass is 32.2. The molecule has 0 spiro atoms. The third kappa shape index (κ3) is 9.21. The number of nitrogens with zero attached hydrogens (tertiary/aromatic N) is 1. The van der Waals surface area contributed by atoms with Crippen LogP contribution in [0.5, 0.6) is 0 Å². The lowest BCUT2D eigenvalue weighted by molar-refractivity contribution is 0.0332. The molecule has 2 unspecified atom stereocenters. The molecular weight excluding hydrogens is 206 g/mol. The van der Waals surface area contributed by atoms with Gasteiger partial charge in [0.15, 0.2) is 0 Å². The quantitative estimate of drug-likeness (QED) is 0.448. The average Bonchev–Trinajstić information content (AvgIpc) is 2.17. The number of ether oxygens (including phenoxy) is 1. The average molecular weight is 233 g/mol. The minimum Gasteiger partial charge on any atom is -0.363 e. The Balaban J connectivity index is 3.83. The van der Waals surface area contributed by atoms with Crippen molar-refractivity contribution in [2.45, 2.75) is 51.6 Å². The topological polar surface area (TPSA) is 12.5 Å². The van der Waals surface area contributed by atoms with Gasteiger partial charge >= 0.3 is 0 Å². The van der Waals surface area contributed by atoms with E-state index in [1.807, 2.05) is 11.8 Å². The van der Waals surface area contributed by atoms with Gasteiger partial charge in [0.05, 0.1) is 6.10 Å². The van der Waals surface area contributed by atoms with Crippen LogP contribution in [0.4, 0.5) is 0 Å². The Labute approximate surface area is 99.8 Å². The maximum atomic E-state index is 5.98. The molecule has 0 bridgehead atoms. The van der Waals surface area contributed by atoms with E-state index in [1.54, 1.807) is 0 Å². The van der Waals surface area contributed by atoms with E-state index < -0.39 is 0 Å². The summed E-state index contributed by atoms with van der Waals surface area (Å²) in [7, 11) is 4.21. The van der Waals surface area contributed by atoms with Crippen molar-refractivity contribution in [1.29, 1.82) is 0 Å². The van der Waals surface area contributed by atoms with Crippen LogP contribution >= 0.6 is 11.8 Å². The Morgan fingerprint density at radius 2 is 1.93 bits per heavy atom.